The zero-order valence-corrected chi connectivity index (χ0v) is 11.9. The topological polar surface area (TPSA) is 35.5 Å². The van der Waals surface area contributed by atoms with Crippen LogP contribution in [-0.4, -0.2) is 18.7 Å². The lowest BCUT2D eigenvalue weighted by molar-refractivity contribution is -0.137. The van der Waals surface area contributed by atoms with Crippen LogP contribution in [0.3, 0.4) is 0 Å². The van der Waals surface area contributed by atoms with E-state index in [9.17, 15) is 4.79 Å². The first kappa shape index (κ1) is 15.3. The maximum absolute atomic E-state index is 11.3. The smallest absolute Gasteiger partial charge is 0.330 e. The quantitative estimate of drug-likeness (QED) is 0.553. The molecule has 19 heavy (non-hydrogen) atoms. The first-order valence-electron chi connectivity index (χ1n) is 6.77. The Kier molecular flexibility index (Phi) is 6.72. The van der Waals surface area contributed by atoms with Crippen LogP contribution in [-0.2, 0) is 9.53 Å². The van der Waals surface area contributed by atoms with Gasteiger partial charge in [0.1, 0.15) is 5.75 Å². The third-order valence-corrected chi connectivity index (χ3v) is 2.65. The Labute approximate surface area is 115 Å². The second kappa shape index (κ2) is 8.35. The Morgan fingerprint density at radius 3 is 2.53 bits per heavy atom. The van der Waals surface area contributed by atoms with Crippen LogP contribution in [0, 0.1) is 0 Å². The summed E-state index contributed by atoms with van der Waals surface area (Å²) in [6, 6.07) is 7.65. The Morgan fingerprint density at radius 2 is 1.95 bits per heavy atom. The molecule has 0 aliphatic carbocycles. The number of benzene rings is 1. The minimum absolute atomic E-state index is 0.213. The maximum Gasteiger partial charge on any atom is 0.330 e. The summed E-state index contributed by atoms with van der Waals surface area (Å²) < 4.78 is 10.6. The number of ether oxygens (including phenoxy) is 2. The summed E-state index contributed by atoms with van der Waals surface area (Å²) in [5.74, 6) is 0.543. The fraction of sp³-hybridized carbons (Fsp3) is 0.438. The van der Waals surface area contributed by atoms with Crippen LogP contribution < -0.4 is 4.74 Å². The van der Waals surface area contributed by atoms with Crippen LogP contribution in [0.2, 0.25) is 0 Å². The van der Waals surface area contributed by atoms with Gasteiger partial charge in [-0.25, -0.2) is 4.79 Å². The highest BCUT2D eigenvalue weighted by Crippen LogP contribution is 2.15. The lowest BCUT2D eigenvalue weighted by Gasteiger charge is -2.12. The molecule has 0 aliphatic heterocycles. The molecular formula is C16H22O3. The lowest BCUT2D eigenvalue weighted by atomic mass is 10.2. The SMILES string of the molecule is CCCOC(=O)C=Cc1ccc(OC(C)CC)cc1. The van der Waals surface area contributed by atoms with Crippen LogP contribution in [0.15, 0.2) is 30.3 Å². The molecule has 0 bridgehead atoms. The summed E-state index contributed by atoms with van der Waals surface area (Å²) in [7, 11) is 0. The normalized spacial score (nSPS) is 12.4. The van der Waals surface area contributed by atoms with Crippen LogP contribution in [0.25, 0.3) is 6.08 Å². The summed E-state index contributed by atoms with van der Waals surface area (Å²) in [5, 5.41) is 0. The monoisotopic (exact) mass is 262 g/mol. The van der Waals surface area contributed by atoms with Crippen molar-refractivity contribution in [3.63, 3.8) is 0 Å². The molecule has 0 N–H and O–H groups in total. The molecule has 0 radical (unpaired) electrons. The molecule has 3 nitrogen and oxygen atoms in total. The maximum atomic E-state index is 11.3. The fourth-order valence-electron chi connectivity index (χ4n) is 1.39. The molecule has 0 saturated heterocycles. The minimum atomic E-state index is -0.304. The largest absolute Gasteiger partial charge is 0.491 e. The third-order valence-electron chi connectivity index (χ3n) is 2.65. The van der Waals surface area contributed by atoms with Gasteiger partial charge >= 0.3 is 5.97 Å². The summed E-state index contributed by atoms with van der Waals surface area (Å²) in [5.41, 5.74) is 0.949. The molecule has 1 unspecified atom stereocenters. The standard InChI is InChI=1S/C16H22O3/c1-4-12-18-16(17)11-8-14-6-9-15(10-7-14)19-13(3)5-2/h6-11,13H,4-5,12H2,1-3H3. The average Bonchev–Trinajstić information content (AvgIpc) is 2.44. The number of carbonyl (C=O) groups is 1. The third kappa shape index (κ3) is 6.09. The van der Waals surface area contributed by atoms with E-state index in [1.165, 1.54) is 6.08 Å². The Balaban J connectivity index is 2.52. The van der Waals surface area contributed by atoms with Crippen molar-refractivity contribution in [2.24, 2.45) is 0 Å². The van der Waals surface area contributed by atoms with E-state index >= 15 is 0 Å². The van der Waals surface area contributed by atoms with Crippen LogP contribution >= 0.6 is 0 Å². The van der Waals surface area contributed by atoms with E-state index in [0.717, 1.165) is 24.2 Å². The van der Waals surface area contributed by atoms with Gasteiger partial charge in [0, 0.05) is 6.08 Å². The van der Waals surface area contributed by atoms with Gasteiger partial charge in [0.25, 0.3) is 0 Å². The van der Waals surface area contributed by atoms with Gasteiger partial charge in [-0.05, 0) is 43.5 Å². The number of rotatable bonds is 7. The zero-order chi connectivity index (χ0) is 14.1. The fourth-order valence-corrected chi connectivity index (χ4v) is 1.39. The van der Waals surface area contributed by atoms with Crippen LogP contribution in [0.4, 0.5) is 0 Å². The van der Waals surface area contributed by atoms with Gasteiger partial charge in [0.15, 0.2) is 0 Å². The van der Waals surface area contributed by atoms with Crippen molar-refractivity contribution in [3.8, 4) is 5.75 Å². The van der Waals surface area contributed by atoms with Gasteiger partial charge < -0.3 is 9.47 Å². The molecule has 0 fully saturated rings. The van der Waals surface area contributed by atoms with Crippen LogP contribution in [0.5, 0.6) is 5.75 Å². The van der Waals surface area contributed by atoms with Gasteiger partial charge in [-0.2, -0.15) is 0 Å². The van der Waals surface area contributed by atoms with E-state index < -0.39 is 0 Å². The summed E-state index contributed by atoms with van der Waals surface area (Å²) in [6.45, 7) is 6.55. The van der Waals surface area contributed by atoms with Gasteiger partial charge in [0.05, 0.1) is 12.7 Å². The molecular weight excluding hydrogens is 240 g/mol. The molecule has 0 heterocycles. The molecule has 0 saturated carbocycles. The number of carbonyl (C=O) groups excluding carboxylic acids is 1. The van der Waals surface area contributed by atoms with E-state index in [1.807, 2.05) is 38.1 Å². The molecule has 0 spiro atoms. The number of esters is 1. The van der Waals surface area contributed by atoms with E-state index in [4.69, 9.17) is 9.47 Å². The average molecular weight is 262 g/mol. The summed E-state index contributed by atoms with van der Waals surface area (Å²) in [4.78, 5) is 11.3. The van der Waals surface area contributed by atoms with Crippen molar-refractivity contribution in [1.82, 2.24) is 0 Å². The number of hydrogen-bond donors (Lipinski definition) is 0. The van der Waals surface area contributed by atoms with Crippen molar-refractivity contribution >= 4 is 12.0 Å². The van der Waals surface area contributed by atoms with Crippen molar-refractivity contribution in [3.05, 3.63) is 35.9 Å². The molecule has 0 aromatic heterocycles. The molecule has 0 aliphatic rings. The Hall–Kier alpha value is -1.77. The predicted octanol–water partition coefficient (Wildman–Crippen LogP) is 3.83. The second-order valence-corrected chi connectivity index (χ2v) is 4.41. The van der Waals surface area contributed by atoms with Gasteiger partial charge in [-0.15, -0.1) is 0 Å². The van der Waals surface area contributed by atoms with Gasteiger partial charge in [-0.3, -0.25) is 0 Å². The Morgan fingerprint density at radius 1 is 1.26 bits per heavy atom. The van der Waals surface area contributed by atoms with Crippen molar-refractivity contribution in [1.29, 1.82) is 0 Å². The lowest BCUT2D eigenvalue weighted by Crippen LogP contribution is -2.09. The van der Waals surface area contributed by atoms with Crippen molar-refractivity contribution in [2.45, 2.75) is 39.7 Å². The highest BCUT2D eigenvalue weighted by atomic mass is 16.5. The number of hydrogen-bond acceptors (Lipinski definition) is 3. The summed E-state index contributed by atoms with van der Waals surface area (Å²) >= 11 is 0. The molecule has 1 aromatic rings. The highest BCUT2D eigenvalue weighted by molar-refractivity contribution is 5.87. The molecule has 0 amide bonds. The highest BCUT2D eigenvalue weighted by Gasteiger charge is 2.00. The van der Waals surface area contributed by atoms with E-state index in [0.29, 0.717) is 6.61 Å². The summed E-state index contributed by atoms with van der Waals surface area (Å²) in [6.07, 6.45) is 5.21. The van der Waals surface area contributed by atoms with E-state index in [2.05, 4.69) is 6.92 Å². The first-order chi connectivity index (χ1) is 9.15. The van der Waals surface area contributed by atoms with Crippen molar-refractivity contribution in [2.75, 3.05) is 6.61 Å². The van der Waals surface area contributed by atoms with Crippen molar-refractivity contribution < 1.29 is 14.3 Å². The Bertz CT molecular complexity index is 407. The zero-order valence-electron chi connectivity index (χ0n) is 11.9. The molecule has 3 heteroatoms. The van der Waals surface area contributed by atoms with Gasteiger partial charge in [0.2, 0.25) is 0 Å². The molecule has 1 rings (SSSR count). The second-order valence-electron chi connectivity index (χ2n) is 4.41. The molecule has 104 valence electrons. The minimum Gasteiger partial charge on any atom is -0.491 e. The first-order valence-corrected chi connectivity index (χ1v) is 6.77. The van der Waals surface area contributed by atoms with Crippen LogP contribution in [0.1, 0.15) is 39.2 Å². The molecule has 1 atom stereocenters. The molecule has 1 aromatic carbocycles. The van der Waals surface area contributed by atoms with E-state index in [-0.39, 0.29) is 12.1 Å². The van der Waals surface area contributed by atoms with Gasteiger partial charge in [-0.1, -0.05) is 26.0 Å². The van der Waals surface area contributed by atoms with E-state index in [1.54, 1.807) is 6.08 Å². The predicted molar refractivity (Wildman–Crippen MR) is 77.1 cm³/mol.